The Bertz CT molecular complexity index is 637. The molecular weight excluding hydrogens is 306 g/mol. The van der Waals surface area contributed by atoms with Gasteiger partial charge in [-0.2, -0.15) is 0 Å². The minimum atomic E-state index is -0.140. The fraction of sp³-hybridized carbons (Fsp3) is 0.316. The molecule has 0 aliphatic carbocycles. The Labute approximate surface area is 142 Å². The van der Waals surface area contributed by atoms with Crippen molar-refractivity contribution in [1.29, 1.82) is 0 Å². The Morgan fingerprint density at radius 2 is 1.65 bits per heavy atom. The number of methoxy groups -OCH3 is 1. The molecular formula is C19H23NO2S. The van der Waals surface area contributed by atoms with Gasteiger partial charge in [0.15, 0.2) is 0 Å². The van der Waals surface area contributed by atoms with Gasteiger partial charge in [-0.25, -0.2) is 0 Å². The summed E-state index contributed by atoms with van der Waals surface area (Å²) in [5.74, 6) is 0.856. The second-order valence-corrected chi connectivity index (χ2v) is 6.99. The van der Waals surface area contributed by atoms with Crippen molar-refractivity contribution in [1.82, 2.24) is 5.32 Å². The minimum absolute atomic E-state index is 0.0329. The van der Waals surface area contributed by atoms with E-state index < -0.39 is 0 Å². The van der Waals surface area contributed by atoms with Gasteiger partial charge in [-0.15, -0.1) is 11.8 Å². The van der Waals surface area contributed by atoms with E-state index in [4.69, 9.17) is 4.74 Å². The Hall–Kier alpha value is -1.94. The van der Waals surface area contributed by atoms with Gasteiger partial charge >= 0.3 is 0 Å². The van der Waals surface area contributed by atoms with Gasteiger partial charge in [-0.3, -0.25) is 4.79 Å². The van der Waals surface area contributed by atoms with Gasteiger partial charge in [0, 0.05) is 4.90 Å². The molecule has 0 heterocycles. The standard InChI is InChI=1S/C19H23NO2S/c1-13-5-11-18(12-6-13)23-15(3)19(21)20-14(2)16-7-9-17(22-4)10-8-16/h5-12,14-15H,1-4H3,(H,20,21). The van der Waals surface area contributed by atoms with Crippen molar-refractivity contribution in [3.63, 3.8) is 0 Å². The van der Waals surface area contributed by atoms with Gasteiger partial charge < -0.3 is 10.1 Å². The van der Waals surface area contributed by atoms with E-state index in [9.17, 15) is 4.79 Å². The third kappa shape index (κ3) is 5.03. The number of ether oxygens (including phenoxy) is 1. The second kappa shape index (κ2) is 8.06. The van der Waals surface area contributed by atoms with Crippen LogP contribution >= 0.6 is 11.8 Å². The number of carbonyl (C=O) groups is 1. The van der Waals surface area contributed by atoms with Crippen LogP contribution in [-0.4, -0.2) is 18.3 Å². The second-order valence-electron chi connectivity index (χ2n) is 5.58. The van der Waals surface area contributed by atoms with Crippen LogP contribution in [0, 0.1) is 6.92 Å². The van der Waals surface area contributed by atoms with Crippen molar-refractivity contribution in [2.45, 2.75) is 37.0 Å². The molecule has 23 heavy (non-hydrogen) atoms. The number of aryl methyl sites for hydroxylation is 1. The maximum absolute atomic E-state index is 12.4. The molecule has 122 valence electrons. The molecule has 0 aliphatic heterocycles. The molecule has 4 heteroatoms. The van der Waals surface area contributed by atoms with Crippen LogP contribution in [0.25, 0.3) is 0 Å². The van der Waals surface area contributed by atoms with E-state index in [0.29, 0.717) is 0 Å². The third-order valence-corrected chi connectivity index (χ3v) is 4.79. The summed E-state index contributed by atoms with van der Waals surface area (Å²) in [6.07, 6.45) is 0. The summed E-state index contributed by atoms with van der Waals surface area (Å²) in [5.41, 5.74) is 2.28. The summed E-state index contributed by atoms with van der Waals surface area (Å²) in [5, 5.41) is 2.92. The smallest absolute Gasteiger partial charge is 0.233 e. The lowest BCUT2D eigenvalue weighted by molar-refractivity contribution is -0.120. The van der Waals surface area contributed by atoms with Crippen LogP contribution in [0.4, 0.5) is 0 Å². The highest BCUT2D eigenvalue weighted by atomic mass is 32.2. The largest absolute Gasteiger partial charge is 0.497 e. The maximum atomic E-state index is 12.4. The molecule has 0 saturated carbocycles. The van der Waals surface area contributed by atoms with E-state index in [0.717, 1.165) is 16.2 Å². The van der Waals surface area contributed by atoms with Crippen molar-refractivity contribution in [3.05, 3.63) is 59.7 Å². The lowest BCUT2D eigenvalue weighted by Gasteiger charge is -2.18. The van der Waals surface area contributed by atoms with E-state index in [-0.39, 0.29) is 17.2 Å². The summed E-state index contributed by atoms with van der Waals surface area (Å²) < 4.78 is 5.15. The highest BCUT2D eigenvalue weighted by Crippen LogP contribution is 2.24. The van der Waals surface area contributed by atoms with Gasteiger partial charge in [0.25, 0.3) is 0 Å². The number of rotatable bonds is 6. The topological polar surface area (TPSA) is 38.3 Å². The molecule has 0 bridgehead atoms. The molecule has 3 nitrogen and oxygen atoms in total. The minimum Gasteiger partial charge on any atom is -0.497 e. The number of hydrogen-bond donors (Lipinski definition) is 1. The summed E-state index contributed by atoms with van der Waals surface area (Å²) in [7, 11) is 1.64. The van der Waals surface area contributed by atoms with E-state index in [1.807, 2.05) is 38.1 Å². The van der Waals surface area contributed by atoms with Gasteiger partial charge in [0.05, 0.1) is 18.4 Å². The summed E-state index contributed by atoms with van der Waals surface area (Å²) in [4.78, 5) is 13.5. The third-order valence-electron chi connectivity index (χ3n) is 3.68. The molecule has 1 N–H and O–H groups in total. The van der Waals surface area contributed by atoms with Crippen molar-refractivity contribution >= 4 is 17.7 Å². The highest BCUT2D eigenvalue weighted by molar-refractivity contribution is 8.00. The molecule has 2 rings (SSSR count). The van der Waals surface area contributed by atoms with Crippen LogP contribution in [0.3, 0.4) is 0 Å². The Kier molecular flexibility index (Phi) is 6.11. The number of thioether (sulfide) groups is 1. The fourth-order valence-electron chi connectivity index (χ4n) is 2.18. The van der Waals surface area contributed by atoms with Crippen LogP contribution in [-0.2, 0) is 4.79 Å². The van der Waals surface area contributed by atoms with Gasteiger partial charge in [0.2, 0.25) is 5.91 Å². The average molecular weight is 329 g/mol. The first-order valence-corrected chi connectivity index (χ1v) is 8.55. The average Bonchev–Trinajstić information content (AvgIpc) is 2.56. The van der Waals surface area contributed by atoms with E-state index in [1.54, 1.807) is 18.9 Å². The number of benzene rings is 2. The zero-order valence-corrected chi connectivity index (χ0v) is 14.8. The fourth-order valence-corrected chi connectivity index (χ4v) is 3.06. The summed E-state index contributed by atoms with van der Waals surface area (Å²) in [6.45, 7) is 5.98. The molecule has 2 atom stereocenters. The van der Waals surface area contributed by atoms with Crippen LogP contribution in [0.15, 0.2) is 53.4 Å². The number of nitrogens with one attached hydrogen (secondary N) is 1. The molecule has 1 amide bonds. The van der Waals surface area contributed by atoms with Crippen LogP contribution < -0.4 is 10.1 Å². The van der Waals surface area contributed by atoms with E-state index in [1.165, 1.54) is 5.56 Å². The molecule has 0 spiro atoms. The summed E-state index contributed by atoms with van der Waals surface area (Å²) in [6, 6.07) is 16.0. The van der Waals surface area contributed by atoms with Gasteiger partial charge in [0.1, 0.15) is 5.75 Å². The maximum Gasteiger partial charge on any atom is 0.233 e. The molecule has 0 fully saturated rings. The molecule has 2 aromatic rings. The Balaban J connectivity index is 1.92. The van der Waals surface area contributed by atoms with Crippen molar-refractivity contribution in [3.8, 4) is 5.75 Å². The van der Waals surface area contributed by atoms with Crippen LogP contribution in [0.5, 0.6) is 5.75 Å². The Morgan fingerprint density at radius 3 is 2.22 bits per heavy atom. The highest BCUT2D eigenvalue weighted by Gasteiger charge is 2.17. The van der Waals surface area contributed by atoms with Crippen molar-refractivity contribution in [2.75, 3.05) is 7.11 Å². The molecule has 0 aromatic heterocycles. The number of carbonyl (C=O) groups excluding carboxylic acids is 1. The first-order valence-electron chi connectivity index (χ1n) is 7.67. The van der Waals surface area contributed by atoms with Crippen molar-refractivity contribution in [2.24, 2.45) is 0 Å². The van der Waals surface area contributed by atoms with E-state index >= 15 is 0 Å². The number of amides is 1. The zero-order valence-electron chi connectivity index (χ0n) is 14.0. The quantitative estimate of drug-likeness (QED) is 0.800. The molecule has 0 saturated heterocycles. The molecule has 2 unspecified atom stereocenters. The van der Waals surface area contributed by atoms with Crippen LogP contribution in [0.1, 0.15) is 31.0 Å². The SMILES string of the molecule is COc1ccc(C(C)NC(=O)C(C)Sc2ccc(C)cc2)cc1. The van der Waals surface area contributed by atoms with Crippen molar-refractivity contribution < 1.29 is 9.53 Å². The lowest BCUT2D eigenvalue weighted by Crippen LogP contribution is -2.33. The molecule has 0 radical (unpaired) electrons. The molecule has 2 aromatic carbocycles. The zero-order chi connectivity index (χ0) is 16.8. The first kappa shape index (κ1) is 17.4. The summed E-state index contributed by atoms with van der Waals surface area (Å²) >= 11 is 1.57. The molecule has 0 aliphatic rings. The Morgan fingerprint density at radius 1 is 1.04 bits per heavy atom. The van der Waals surface area contributed by atoms with Crippen LogP contribution in [0.2, 0.25) is 0 Å². The first-order chi connectivity index (χ1) is 11.0. The van der Waals surface area contributed by atoms with Gasteiger partial charge in [-0.1, -0.05) is 29.8 Å². The predicted molar refractivity (Wildman–Crippen MR) is 96.0 cm³/mol. The lowest BCUT2D eigenvalue weighted by atomic mass is 10.1. The van der Waals surface area contributed by atoms with Gasteiger partial charge in [-0.05, 0) is 50.6 Å². The number of hydrogen-bond acceptors (Lipinski definition) is 3. The monoisotopic (exact) mass is 329 g/mol. The predicted octanol–water partition coefficient (Wildman–Crippen LogP) is 4.36. The normalized spacial score (nSPS) is 13.2. The van der Waals surface area contributed by atoms with E-state index in [2.05, 4.69) is 36.5 Å².